The van der Waals surface area contributed by atoms with Crippen molar-refractivity contribution in [1.29, 1.82) is 0 Å². The Labute approximate surface area is 139 Å². The Morgan fingerprint density at radius 2 is 1.83 bits per heavy atom. The molecule has 3 nitrogen and oxygen atoms in total. The standard InChI is InChI=1S/C20H28N2O/c1-3-4-5-15-23-18-10-9-17-7-6-8-20(19(17)16-18)22-13-11-21(2)12-14-22/h6-10,16H,3-5,11-15H2,1-2H3. The van der Waals surface area contributed by atoms with Crippen molar-refractivity contribution in [3.63, 3.8) is 0 Å². The highest BCUT2D eigenvalue weighted by Gasteiger charge is 2.16. The molecule has 0 bridgehead atoms. The number of anilines is 1. The summed E-state index contributed by atoms with van der Waals surface area (Å²) in [6.07, 6.45) is 3.60. The Bertz CT molecular complexity index is 633. The number of unbranched alkanes of at least 4 members (excludes halogenated alkanes) is 2. The number of hydrogen-bond acceptors (Lipinski definition) is 3. The van der Waals surface area contributed by atoms with E-state index in [2.05, 4.69) is 60.2 Å². The van der Waals surface area contributed by atoms with E-state index in [9.17, 15) is 0 Å². The van der Waals surface area contributed by atoms with Gasteiger partial charge in [-0.2, -0.15) is 0 Å². The zero-order valence-corrected chi connectivity index (χ0v) is 14.4. The molecule has 1 aliphatic rings. The Balaban J connectivity index is 1.80. The largest absolute Gasteiger partial charge is 0.494 e. The SMILES string of the molecule is CCCCCOc1ccc2cccc(N3CCN(C)CC3)c2c1. The van der Waals surface area contributed by atoms with Gasteiger partial charge < -0.3 is 14.5 Å². The number of likely N-dealkylation sites (N-methyl/N-ethyl adjacent to an activating group) is 1. The Morgan fingerprint density at radius 3 is 2.61 bits per heavy atom. The van der Waals surface area contributed by atoms with Gasteiger partial charge in [0.25, 0.3) is 0 Å². The van der Waals surface area contributed by atoms with Crippen molar-refractivity contribution >= 4 is 16.5 Å². The van der Waals surface area contributed by atoms with Gasteiger partial charge in [-0.3, -0.25) is 0 Å². The van der Waals surface area contributed by atoms with Crippen LogP contribution in [-0.2, 0) is 0 Å². The number of hydrogen-bond donors (Lipinski definition) is 0. The molecule has 2 aromatic carbocycles. The van der Waals surface area contributed by atoms with Crippen LogP contribution in [0.15, 0.2) is 36.4 Å². The van der Waals surface area contributed by atoms with E-state index in [1.807, 2.05) is 0 Å². The van der Waals surface area contributed by atoms with E-state index in [0.717, 1.165) is 45.0 Å². The average molecular weight is 312 g/mol. The maximum Gasteiger partial charge on any atom is 0.120 e. The van der Waals surface area contributed by atoms with Gasteiger partial charge >= 0.3 is 0 Å². The summed E-state index contributed by atoms with van der Waals surface area (Å²) < 4.78 is 5.95. The molecule has 0 atom stereocenters. The zero-order chi connectivity index (χ0) is 16.1. The van der Waals surface area contributed by atoms with Gasteiger partial charge in [0, 0.05) is 37.3 Å². The summed E-state index contributed by atoms with van der Waals surface area (Å²) in [5.41, 5.74) is 1.34. The lowest BCUT2D eigenvalue weighted by atomic mass is 10.1. The number of rotatable bonds is 6. The molecular formula is C20H28N2O. The van der Waals surface area contributed by atoms with Crippen LogP contribution in [0.5, 0.6) is 5.75 Å². The lowest BCUT2D eigenvalue weighted by Gasteiger charge is -2.34. The van der Waals surface area contributed by atoms with Crippen molar-refractivity contribution in [2.75, 3.05) is 44.7 Å². The molecule has 0 aliphatic carbocycles. The molecule has 0 N–H and O–H groups in total. The first-order chi connectivity index (χ1) is 11.3. The fourth-order valence-electron chi connectivity index (χ4n) is 3.19. The number of nitrogens with zero attached hydrogens (tertiary/aromatic N) is 2. The average Bonchev–Trinajstić information content (AvgIpc) is 2.59. The first kappa shape index (κ1) is 16.1. The van der Waals surface area contributed by atoms with Gasteiger partial charge in [0.15, 0.2) is 0 Å². The van der Waals surface area contributed by atoms with Gasteiger partial charge in [0.1, 0.15) is 5.75 Å². The van der Waals surface area contributed by atoms with Crippen molar-refractivity contribution in [2.45, 2.75) is 26.2 Å². The minimum Gasteiger partial charge on any atom is -0.494 e. The highest BCUT2D eigenvalue weighted by Crippen LogP contribution is 2.30. The molecule has 124 valence electrons. The monoisotopic (exact) mass is 312 g/mol. The fourth-order valence-corrected chi connectivity index (χ4v) is 3.19. The minimum atomic E-state index is 0.815. The first-order valence-corrected chi connectivity index (χ1v) is 8.87. The van der Waals surface area contributed by atoms with Crippen LogP contribution in [0.3, 0.4) is 0 Å². The second kappa shape index (κ2) is 7.69. The molecule has 1 saturated heterocycles. The van der Waals surface area contributed by atoms with Crippen LogP contribution in [0.2, 0.25) is 0 Å². The zero-order valence-electron chi connectivity index (χ0n) is 14.4. The van der Waals surface area contributed by atoms with Gasteiger partial charge in [-0.1, -0.05) is 38.0 Å². The van der Waals surface area contributed by atoms with Crippen molar-refractivity contribution in [2.24, 2.45) is 0 Å². The third kappa shape index (κ3) is 3.97. The van der Waals surface area contributed by atoms with Crippen LogP contribution < -0.4 is 9.64 Å². The molecule has 2 aromatic rings. The molecule has 0 saturated carbocycles. The van der Waals surface area contributed by atoms with Gasteiger partial charge in [-0.25, -0.2) is 0 Å². The first-order valence-electron chi connectivity index (χ1n) is 8.87. The summed E-state index contributed by atoms with van der Waals surface area (Å²) in [7, 11) is 2.20. The number of piperazine rings is 1. The summed E-state index contributed by atoms with van der Waals surface area (Å²) in [5, 5.41) is 2.60. The normalized spacial score (nSPS) is 16.0. The van der Waals surface area contributed by atoms with Gasteiger partial charge in [0.2, 0.25) is 0 Å². The van der Waals surface area contributed by atoms with Crippen molar-refractivity contribution < 1.29 is 4.74 Å². The molecule has 1 fully saturated rings. The van der Waals surface area contributed by atoms with Gasteiger partial charge in [-0.15, -0.1) is 0 Å². The maximum atomic E-state index is 5.95. The van der Waals surface area contributed by atoms with Crippen LogP contribution in [0, 0.1) is 0 Å². The fraction of sp³-hybridized carbons (Fsp3) is 0.500. The summed E-state index contributed by atoms with van der Waals surface area (Å²) in [6.45, 7) is 7.48. The van der Waals surface area contributed by atoms with Crippen LogP contribution in [0.1, 0.15) is 26.2 Å². The van der Waals surface area contributed by atoms with E-state index in [1.54, 1.807) is 0 Å². The van der Waals surface area contributed by atoms with Crippen molar-refractivity contribution in [1.82, 2.24) is 4.90 Å². The quantitative estimate of drug-likeness (QED) is 0.745. The summed E-state index contributed by atoms with van der Waals surface area (Å²) in [5.74, 6) is 0.996. The van der Waals surface area contributed by atoms with E-state index < -0.39 is 0 Å². The Kier molecular flexibility index (Phi) is 5.39. The topological polar surface area (TPSA) is 15.7 Å². The van der Waals surface area contributed by atoms with E-state index in [4.69, 9.17) is 4.74 Å². The van der Waals surface area contributed by atoms with E-state index in [-0.39, 0.29) is 0 Å². The summed E-state index contributed by atoms with van der Waals surface area (Å²) in [6, 6.07) is 13.1. The molecule has 23 heavy (non-hydrogen) atoms. The van der Waals surface area contributed by atoms with E-state index in [1.165, 1.54) is 29.3 Å². The molecule has 1 aliphatic heterocycles. The van der Waals surface area contributed by atoms with E-state index >= 15 is 0 Å². The molecule has 0 spiro atoms. The predicted molar refractivity (Wildman–Crippen MR) is 98.7 cm³/mol. The maximum absolute atomic E-state index is 5.95. The molecule has 3 heteroatoms. The molecular weight excluding hydrogens is 284 g/mol. The molecule has 0 radical (unpaired) electrons. The third-order valence-corrected chi connectivity index (χ3v) is 4.69. The molecule has 0 amide bonds. The number of ether oxygens (including phenoxy) is 1. The summed E-state index contributed by atoms with van der Waals surface area (Å²) in [4.78, 5) is 4.90. The second-order valence-electron chi connectivity index (χ2n) is 6.51. The second-order valence-corrected chi connectivity index (χ2v) is 6.51. The van der Waals surface area contributed by atoms with Crippen molar-refractivity contribution in [3.05, 3.63) is 36.4 Å². The lowest BCUT2D eigenvalue weighted by molar-refractivity contribution is 0.306. The molecule has 1 heterocycles. The third-order valence-electron chi connectivity index (χ3n) is 4.69. The highest BCUT2D eigenvalue weighted by atomic mass is 16.5. The Hall–Kier alpha value is -1.74. The van der Waals surface area contributed by atoms with Crippen LogP contribution in [0.25, 0.3) is 10.8 Å². The minimum absolute atomic E-state index is 0.815. The lowest BCUT2D eigenvalue weighted by Crippen LogP contribution is -2.44. The van der Waals surface area contributed by atoms with Crippen LogP contribution in [0.4, 0.5) is 5.69 Å². The highest BCUT2D eigenvalue weighted by molar-refractivity contribution is 5.95. The van der Waals surface area contributed by atoms with Crippen molar-refractivity contribution in [3.8, 4) is 5.75 Å². The number of fused-ring (bicyclic) bond motifs is 1. The van der Waals surface area contributed by atoms with E-state index in [0.29, 0.717) is 0 Å². The predicted octanol–water partition coefficient (Wildman–Crippen LogP) is 4.16. The summed E-state index contributed by atoms with van der Waals surface area (Å²) >= 11 is 0. The smallest absolute Gasteiger partial charge is 0.120 e. The molecule has 0 aromatic heterocycles. The number of benzene rings is 2. The molecule has 0 unspecified atom stereocenters. The van der Waals surface area contributed by atoms with Crippen LogP contribution in [-0.4, -0.2) is 44.7 Å². The van der Waals surface area contributed by atoms with Gasteiger partial charge in [0.05, 0.1) is 6.61 Å². The molecule has 3 rings (SSSR count). The van der Waals surface area contributed by atoms with Gasteiger partial charge in [-0.05, 0) is 37.1 Å². The Morgan fingerprint density at radius 1 is 1.00 bits per heavy atom. The van der Waals surface area contributed by atoms with Crippen LogP contribution >= 0.6 is 0 Å².